The van der Waals surface area contributed by atoms with Gasteiger partial charge in [0.05, 0.1) is 11.0 Å². The smallest absolute Gasteiger partial charge is 0.325 e. The van der Waals surface area contributed by atoms with E-state index in [1.165, 1.54) is 6.07 Å². The van der Waals surface area contributed by atoms with Crippen LogP contribution in [0.15, 0.2) is 71.6 Å². The zero-order valence-electron chi connectivity index (χ0n) is 18.3. The van der Waals surface area contributed by atoms with Crippen LogP contribution in [-0.4, -0.2) is 61.5 Å². The number of esters is 1. The molecule has 0 aromatic heterocycles. The molecule has 5 rings (SSSR count). The molecule has 9 heteroatoms. The summed E-state index contributed by atoms with van der Waals surface area (Å²) in [4.78, 5) is 27.1. The molecule has 2 aliphatic rings. The van der Waals surface area contributed by atoms with Crippen LogP contribution in [0.25, 0.3) is 10.8 Å². The fraction of sp³-hybridized carbons (Fsp3) is 0.280. The van der Waals surface area contributed by atoms with E-state index in [1.54, 1.807) is 23.1 Å². The summed E-state index contributed by atoms with van der Waals surface area (Å²) in [5, 5.41) is 11.8. The molecule has 8 nitrogen and oxygen atoms in total. The Morgan fingerprint density at radius 3 is 2.56 bits per heavy atom. The largest absolute Gasteiger partial charge is 0.454 e. The van der Waals surface area contributed by atoms with Crippen LogP contribution in [0.1, 0.15) is 12.0 Å². The lowest BCUT2D eigenvalue weighted by molar-refractivity contribution is -0.151. The highest BCUT2D eigenvalue weighted by atomic mass is 32.2. The first-order valence-corrected chi connectivity index (χ1v) is 12.5. The number of hydrogen-bond donors (Lipinski definition) is 1. The van der Waals surface area contributed by atoms with Crippen LogP contribution >= 0.6 is 0 Å². The number of aliphatic hydroxyl groups is 1. The summed E-state index contributed by atoms with van der Waals surface area (Å²) in [6.45, 7) is -0.216. The summed E-state index contributed by atoms with van der Waals surface area (Å²) in [7, 11) is -4.07. The molecule has 0 unspecified atom stereocenters. The van der Waals surface area contributed by atoms with Gasteiger partial charge in [-0.05, 0) is 41.0 Å². The van der Waals surface area contributed by atoms with Crippen LogP contribution in [-0.2, 0) is 30.8 Å². The second-order valence-corrected chi connectivity index (χ2v) is 10.4. The van der Waals surface area contributed by atoms with E-state index in [-0.39, 0.29) is 23.8 Å². The minimum absolute atomic E-state index is 0.0304. The number of carbonyl (C=O) groups is 2. The SMILES string of the molecule is O=C(OCC(=O)N1CCc2ccccc21)[C@@H]1C[C@H](O)CN1S(=O)(=O)c1ccc2ccccc2c1. The van der Waals surface area contributed by atoms with Crippen molar-refractivity contribution in [3.63, 3.8) is 0 Å². The van der Waals surface area contributed by atoms with Gasteiger partial charge in [-0.15, -0.1) is 0 Å². The van der Waals surface area contributed by atoms with E-state index in [2.05, 4.69) is 0 Å². The van der Waals surface area contributed by atoms with Crippen molar-refractivity contribution < 1.29 is 27.9 Å². The molecule has 3 aromatic carbocycles. The maximum absolute atomic E-state index is 13.4. The molecule has 2 aliphatic heterocycles. The molecule has 2 heterocycles. The Kier molecular flexibility index (Phi) is 5.85. The number of benzene rings is 3. The van der Waals surface area contributed by atoms with E-state index < -0.39 is 34.7 Å². The van der Waals surface area contributed by atoms with Crippen LogP contribution in [0.2, 0.25) is 0 Å². The van der Waals surface area contributed by atoms with Gasteiger partial charge < -0.3 is 14.7 Å². The maximum Gasteiger partial charge on any atom is 0.325 e. The Morgan fingerprint density at radius 1 is 1.00 bits per heavy atom. The molecule has 1 fully saturated rings. The van der Waals surface area contributed by atoms with Gasteiger partial charge in [-0.3, -0.25) is 9.59 Å². The minimum Gasteiger partial charge on any atom is -0.454 e. The number of amides is 1. The summed E-state index contributed by atoms with van der Waals surface area (Å²) in [5.74, 6) is -1.22. The van der Waals surface area contributed by atoms with Crippen LogP contribution in [0.5, 0.6) is 0 Å². The monoisotopic (exact) mass is 480 g/mol. The van der Waals surface area contributed by atoms with E-state index in [1.807, 2.05) is 42.5 Å². The number of nitrogens with zero attached hydrogens (tertiary/aromatic N) is 2. The number of β-amino-alcohol motifs (C(OH)–C–C–N with tert-alkyl or cyclic N) is 1. The number of anilines is 1. The fourth-order valence-electron chi connectivity index (χ4n) is 4.63. The van der Waals surface area contributed by atoms with E-state index in [9.17, 15) is 23.1 Å². The lowest BCUT2D eigenvalue weighted by Crippen LogP contribution is -2.42. The Morgan fingerprint density at radius 2 is 1.74 bits per heavy atom. The summed E-state index contributed by atoms with van der Waals surface area (Å²) >= 11 is 0. The maximum atomic E-state index is 13.4. The van der Waals surface area contributed by atoms with Crippen LogP contribution in [0.4, 0.5) is 5.69 Å². The number of hydrogen-bond acceptors (Lipinski definition) is 6. The van der Waals surface area contributed by atoms with Crippen molar-refractivity contribution in [3.05, 3.63) is 72.3 Å². The lowest BCUT2D eigenvalue weighted by Gasteiger charge is -2.23. The molecule has 0 bridgehead atoms. The third-order valence-electron chi connectivity index (χ3n) is 6.36. The zero-order valence-corrected chi connectivity index (χ0v) is 19.1. The van der Waals surface area contributed by atoms with Crippen LogP contribution < -0.4 is 4.90 Å². The molecule has 0 radical (unpaired) electrons. The van der Waals surface area contributed by atoms with Crippen molar-refractivity contribution in [3.8, 4) is 0 Å². The normalized spacial score (nSPS) is 20.4. The first-order valence-electron chi connectivity index (χ1n) is 11.1. The number of sulfonamides is 1. The number of fused-ring (bicyclic) bond motifs is 2. The number of aliphatic hydroxyl groups excluding tert-OH is 1. The van der Waals surface area contributed by atoms with Crippen molar-refractivity contribution in [2.24, 2.45) is 0 Å². The topological polar surface area (TPSA) is 104 Å². The second-order valence-electron chi connectivity index (χ2n) is 8.52. The molecule has 1 N–H and O–H groups in total. The van der Waals surface area contributed by atoms with Crippen molar-refractivity contribution >= 4 is 38.4 Å². The van der Waals surface area contributed by atoms with E-state index in [4.69, 9.17) is 4.74 Å². The highest BCUT2D eigenvalue weighted by Crippen LogP contribution is 2.30. The molecule has 0 aliphatic carbocycles. The number of para-hydroxylation sites is 1. The van der Waals surface area contributed by atoms with Gasteiger partial charge in [0, 0.05) is 25.2 Å². The molecule has 1 amide bonds. The van der Waals surface area contributed by atoms with Crippen molar-refractivity contribution in [2.75, 3.05) is 24.6 Å². The number of ether oxygens (including phenoxy) is 1. The highest BCUT2D eigenvalue weighted by Gasteiger charge is 2.44. The van der Waals surface area contributed by atoms with Crippen LogP contribution in [0.3, 0.4) is 0 Å². The fourth-order valence-corrected chi connectivity index (χ4v) is 6.29. The Balaban J connectivity index is 1.31. The molecule has 176 valence electrons. The molecule has 1 saturated heterocycles. The Bertz CT molecular complexity index is 1370. The molecule has 2 atom stereocenters. The summed E-state index contributed by atoms with van der Waals surface area (Å²) < 4.78 is 32.9. The van der Waals surface area contributed by atoms with Crippen molar-refractivity contribution in [2.45, 2.75) is 29.9 Å². The molecule has 0 spiro atoms. The van der Waals surface area contributed by atoms with Gasteiger partial charge in [0.1, 0.15) is 6.04 Å². The minimum atomic E-state index is -4.07. The molecule has 0 saturated carbocycles. The molecule has 3 aromatic rings. The highest BCUT2D eigenvalue weighted by molar-refractivity contribution is 7.89. The predicted octanol–water partition coefficient (Wildman–Crippen LogP) is 2.10. The van der Waals surface area contributed by atoms with Gasteiger partial charge in [0.2, 0.25) is 10.0 Å². The summed E-state index contributed by atoms with van der Waals surface area (Å²) in [6, 6.07) is 18.4. The van der Waals surface area contributed by atoms with E-state index in [0.717, 1.165) is 32.7 Å². The second kappa shape index (κ2) is 8.83. The van der Waals surface area contributed by atoms with Crippen molar-refractivity contribution in [1.82, 2.24) is 4.31 Å². The Labute approximate surface area is 197 Å². The lowest BCUT2D eigenvalue weighted by atomic mass is 10.1. The molecular weight excluding hydrogens is 456 g/mol. The van der Waals surface area contributed by atoms with Gasteiger partial charge >= 0.3 is 5.97 Å². The van der Waals surface area contributed by atoms with Crippen molar-refractivity contribution in [1.29, 1.82) is 0 Å². The van der Waals surface area contributed by atoms with Gasteiger partial charge in [-0.1, -0.05) is 48.5 Å². The average Bonchev–Trinajstić information content (AvgIpc) is 3.46. The van der Waals surface area contributed by atoms with Gasteiger partial charge in [0.15, 0.2) is 6.61 Å². The third-order valence-corrected chi connectivity index (χ3v) is 8.23. The van der Waals surface area contributed by atoms with E-state index in [0.29, 0.717) is 6.54 Å². The zero-order chi connectivity index (χ0) is 23.9. The predicted molar refractivity (Wildman–Crippen MR) is 126 cm³/mol. The average molecular weight is 481 g/mol. The number of carbonyl (C=O) groups excluding carboxylic acids is 2. The summed E-state index contributed by atoms with van der Waals surface area (Å²) in [6.07, 6.45) is -0.372. The molecular formula is C25H24N2O6S. The first-order chi connectivity index (χ1) is 16.3. The van der Waals surface area contributed by atoms with Gasteiger partial charge in [-0.2, -0.15) is 4.31 Å². The molecule has 34 heavy (non-hydrogen) atoms. The van der Waals surface area contributed by atoms with Gasteiger partial charge in [0.25, 0.3) is 5.91 Å². The van der Waals surface area contributed by atoms with E-state index >= 15 is 0 Å². The van der Waals surface area contributed by atoms with Gasteiger partial charge in [-0.25, -0.2) is 8.42 Å². The number of rotatable bonds is 5. The first kappa shape index (κ1) is 22.5. The van der Waals surface area contributed by atoms with Crippen LogP contribution in [0, 0.1) is 0 Å². The standard InChI is InChI=1S/C25H24N2O6S/c28-20-14-23(25(30)33-16-24(29)26-12-11-18-6-3-4-8-22(18)26)27(15-20)34(31,32)21-10-9-17-5-1-2-7-19(17)13-21/h1-10,13,20,23,28H,11-12,14-16H2/t20-,23-/m0/s1. The third kappa shape index (κ3) is 4.06. The quantitative estimate of drug-likeness (QED) is 0.561. The Hall–Kier alpha value is -3.27. The summed E-state index contributed by atoms with van der Waals surface area (Å²) in [5.41, 5.74) is 1.84.